The molecule has 1 N–H and O–H groups in total. The number of hydrogen-bond acceptors (Lipinski definition) is 2. The van der Waals surface area contributed by atoms with E-state index in [-0.39, 0.29) is 6.10 Å². The van der Waals surface area contributed by atoms with Crippen LogP contribution < -0.4 is 0 Å². The molecule has 0 fully saturated rings. The fraction of sp³-hybridized carbons (Fsp3) is 0.429. The Bertz CT molecular complexity index is 191. The number of thiophene rings is 1. The van der Waals surface area contributed by atoms with Crippen molar-refractivity contribution in [1.82, 2.24) is 0 Å². The zero-order valence-electron chi connectivity index (χ0n) is 5.59. The minimum absolute atomic E-state index is 0.309. The van der Waals surface area contributed by atoms with Gasteiger partial charge in [-0.25, -0.2) is 0 Å². The van der Waals surface area contributed by atoms with E-state index >= 15 is 0 Å². The van der Waals surface area contributed by atoms with Crippen molar-refractivity contribution in [3.63, 3.8) is 0 Å². The normalized spacial score (nSPS) is 13.7. The van der Waals surface area contributed by atoms with Crippen LogP contribution in [0, 0.1) is 6.92 Å². The van der Waals surface area contributed by atoms with Crippen molar-refractivity contribution in [2.45, 2.75) is 20.0 Å². The second kappa shape index (κ2) is 2.50. The molecule has 1 nitrogen and oxygen atoms in total. The van der Waals surface area contributed by atoms with E-state index < -0.39 is 0 Å². The van der Waals surface area contributed by atoms with E-state index in [1.165, 1.54) is 4.88 Å². The third kappa shape index (κ3) is 1.32. The molecule has 2 heteroatoms. The molecular formula is C7H10OS. The van der Waals surface area contributed by atoms with Crippen molar-refractivity contribution in [2.24, 2.45) is 0 Å². The molecule has 0 aliphatic heterocycles. The predicted octanol–water partition coefficient (Wildman–Crippen LogP) is 2.11. The lowest BCUT2D eigenvalue weighted by Gasteiger charge is -2.00. The summed E-state index contributed by atoms with van der Waals surface area (Å²) in [7, 11) is 0. The SMILES string of the molecule is Cc1sccc1[C@H](C)O. The van der Waals surface area contributed by atoms with Gasteiger partial charge in [0, 0.05) is 4.88 Å². The molecular weight excluding hydrogens is 132 g/mol. The van der Waals surface area contributed by atoms with E-state index in [2.05, 4.69) is 0 Å². The monoisotopic (exact) mass is 142 g/mol. The maximum atomic E-state index is 9.10. The third-order valence-electron chi connectivity index (χ3n) is 1.35. The molecule has 1 rings (SSSR count). The van der Waals surface area contributed by atoms with Gasteiger partial charge < -0.3 is 5.11 Å². The molecule has 1 atom stereocenters. The summed E-state index contributed by atoms with van der Waals surface area (Å²) < 4.78 is 0. The molecule has 1 aromatic heterocycles. The number of aliphatic hydroxyl groups is 1. The molecule has 1 aromatic rings. The predicted molar refractivity (Wildman–Crippen MR) is 39.7 cm³/mol. The number of aliphatic hydroxyl groups excluding tert-OH is 1. The van der Waals surface area contributed by atoms with Gasteiger partial charge in [-0.1, -0.05) is 0 Å². The molecule has 0 saturated carbocycles. The average molecular weight is 142 g/mol. The van der Waals surface area contributed by atoms with Gasteiger partial charge in [0.15, 0.2) is 0 Å². The van der Waals surface area contributed by atoms with Crippen molar-refractivity contribution in [1.29, 1.82) is 0 Å². The Morgan fingerprint density at radius 1 is 1.67 bits per heavy atom. The van der Waals surface area contributed by atoms with Crippen molar-refractivity contribution in [3.8, 4) is 0 Å². The molecule has 50 valence electrons. The quantitative estimate of drug-likeness (QED) is 0.636. The molecule has 9 heavy (non-hydrogen) atoms. The van der Waals surface area contributed by atoms with Gasteiger partial charge in [-0.3, -0.25) is 0 Å². The Hall–Kier alpha value is -0.340. The highest BCUT2D eigenvalue weighted by molar-refractivity contribution is 7.10. The molecule has 0 saturated heterocycles. The van der Waals surface area contributed by atoms with Crippen LogP contribution in [0.4, 0.5) is 0 Å². The highest BCUT2D eigenvalue weighted by Gasteiger charge is 2.03. The van der Waals surface area contributed by atoms with Gasteiger partial charge in [-0.2, -0.15) is 0 Å². The summed E-state index contributed by atoms with van der Waals surface area (Å²) in [5.74, 6) is 0. The van der Waals surface area contributed by atoms with Crippen LogP contribution in [0.3, 0.4) is 0 Å². The number of hydrogen-bond donors (Lipinski definition) is 1. The van der Waals surface area contributed by atoms with E-state index in [1.54, 1.807) is 18.3 Å². The largest absolute Gasteiger partial charge is 0.389 e. The molecule has 0 aliphatic rings. The first-order chi connectivity index (χ1) is 4.22. The summed E-state index contributed by atoms with van der Waals surface area (Å²) >= 11 is 1.67. The van der Waals surface area contributed by atoms with Gasteiger partial charge in [0.1, 0.15) is 0 Å². The van der Waals surface area contributed by atoms with E-state index in [0.29, 0.717) is 0 Å². The van der Waals surface area contributed by atoms with E-state index in [1.807, 2.05) is 18.4 Å². The van der Waals surface area contributed by atoms with Gasteiger partial charge in [-0.05, 0) is 30.9 Å². The van der Waals surface area contributed by atoms with Crippen LogP contribution in [0.2, 0.25) is 0 Å². The molecule has 0 unspecified atom stereocenters. The lowest BCUT2D eigenvalue weighted by molar-refractivity contribution is 0.199. The summed E-state index contributed by atoms with van der Waals surface area (Å²) in [6.07, 6.45) is -0.309. The lowest BCUT2D eigenvalue weighted by atomic mass is 10.2. The third-order valence-corrected chi connectivity index (χ3v) is 2.21. The van der Waals surface area contributed by atoms with Crippen LogP contribution in [0.15, 0.2) is 11.4 Å². The van der Waals surface area contributed by atoms with Crippen molar-refractivity contribution >= 4 is 11.3 Å². The van der Waals surface area contributed by atoms with Crippen LogP contribution in [0.5, 0.6) is 0 Å². The molecule has 0 aliphatic carbocycles. The molecule has 0 bridgehead atoms. The fourth-order valence-electron chi connectivity index (χ4n) is 0.828. The second-order valence-electron chi connectivity index (χ2n) is 2.11. The molecule has 0 spiro atoms. The smallest absolute Gasteiger partial charge is 0.0772 e. The Labute approximate surface area is 59.0 Å². The van der Waals surface area contributed by atoms with Gasteiger partial charge in [0.2, 0.25) is 0 Å². The molecule has 1 heterocycles. The van der Waals surface area contributed by atoms with Crippen LogP contribution in [-0.4, -0.2) is 5.11 Å². The summed E-state index contributed by atoms with van der Waals surface area (Å²) in [5, 5.41) is 11.1. The Morgan fingerprint density at radius 3 is 2.56 bits per heavy atom. The van der Waals surface area contributed by atoms with Gasteiger partial charge >= 0.3 is 0 Å². The van der Waals surface area contributed by atoms with Gasteiger partial charge in [-0.15, -0.1) is 11.3 Å². The van der Waals surface area contributed by atoms with Crippen molar-refractivity contribution < 1.29 is 5.11 Å². The van der Waals surface area contributed by atoms with E-state index in [4.69, 9.17) is 5.11 Å². The summed E-state index contributed by atoms with van der Waals surface area (Å²) in [6.45, 7) is 3.81. The zero-order valence-corrected chi connectivity index (χ0v) is 6.40. The second-order valence-corrected chi connectivity index (χ2v) is 3.23. The average Bonchev–Trinajstić information content (AvgIpc) is 2.13. The summed E-state index contributed by atoms with van der Waals surface area (Å²) in [4.78, 5) is 1.21. The minimum Gasteiger partial charge on any atom is -0.389 e. The van der Waals surface area contributed by atoms with E-state index in [0.717, 1.165) is 5.56 Å². The van der Waals surface area contributed by atoms with Crippen molar-refractivity contribution in [3.05, 3.63) is 21.9 Å². The summed E-state index contributed by atoms with van der Waals surface area (Å²) in [5.41, 5.74) is 1.06. The van der Waals surface area contributed by atoms with Crippen LogP contribution in [0.25, 0.3) is 0 Å². The first-order valence-electron chi connectivity index (χ1n) is 2.94. The fourth-order valence-corrected chi connectivity index (χ4v) is 1.62. The maximum Gasteiger partial charge on any atom is 0.0772 e. The first-order valence-corrected chi connectivity index (χ1v) is 3.82. The molecule has 0 aromatic carbocycles. The van der Waals surface area contributed by atoms with Gasteiger partial charge in [0.05, 0.1) is 6.10 Å². The Kier molecular flexibility index (Phi) is 1.88. The summed E-state index contributed by atoms with van der Waals surface area (Å²) in [6, 6.07) is 1.96. The van der Waals surface area contributed by atoms with Crippen LogP contribution in [-0.2, 0) is 0 Å². The first kappa shape index (κ1) is 6.78. The maximum absolute atomic E-state index is 9.10. The molecule has 0 amide bonds. The van der Waals surface area contributed by atoms with Crippen molar-refractivity contribution in [2.75, 3.05) is 0 Å². The highest BCUT2D eigenvalue weighted by Crippen LogP contribution is 2.21. The highest BCUT2D eigenvalue weighted by atomic mass is 32.1. The Morgan fingerprint density at radius 2 is 2.33 bits per heavy atom. The topological polar surface area (TPSA) is 20.2 Å². The number of aryl methyl sites for hydroxylation is 1. The van der Waals surface area contributed by atoms with Gasteiger partial charge in [0.25, 0.3) is 0 Å². The van der Waals surface area contributed by atoms with Crippen LogP contribution in [0.1, 0.15) is 23.5 Å². The Balaban J connectivity index is 2.94. The molecule has 0 radical (unpaired) electrons. The lowest BCUT2D eigenvalue weighted by Crippen LogP contribution is -1.88. The zero-order chi connectivity index (χ0) is 6.85. The van der Waals surface area contributed by atoms with E-state index in [9.17, 15) is 0 Å². The number of rotatable bonds is 1. The standard InChI is InChI=1S/C7H10OS/c1-5(8)7-3-4-9-6(7)2/h3-5,8H,1-2H3/t5-/m0/s1. The minimum atomic E-state index is -0.309. The van der Waals surface area contributed by atoms with Crippen LogP contribution >= 0.6 is 11.3 Å².